The highest BCUT2D eigenvalue weighted by Crippen LogP contribution is 2.18. The Hall–Kier alpha value is -1.92. The smallest absolute Gasteiger partial charge is 0.240 e. The molecule has 112 valence electrons. The molecule has 2 rings (SSSR count). The van der Waals surface area contributed by atoms with Crippen molar-refractivity contribution in [2.75, 3.05) is 13.1 Å². The van der Waals surface area contributed by atoms with Gasteiger partial charge in [-0.1, -0.05) is 30.3 Å². The van der Waals surface area contributed by atoms with Crippen molar-refractivity contribution < 1.29 is 13.2 Å². The quantitative estimate of drug-likeness (QED) is 0.852. The second-order valence-corrected chi connectivity index (χ2v) is 6.38. The molecule has 2 aromatic rings. The summed E-state index contributed by atoms with van der Waals surface area (Å²) in [6.07, 6.45) is 0.126. The van der Waals surface area contributed by atoms with Crippen molar-refractivity contribution in [1.82, 2.24) is 10.0 Å². The molecule has 0 aromatic heterocycles. The van der Waals surface area contributed by atoms with Crippen LogP contribution >= 0.6 is 0 Å². The lowest BCUT2D eigenvalue weighted by Gasteiger charge is -2.08. The highest BCUT2D eigenvalue weighted by Gasteiger charge is 2.14. The highest BCUT2D eigenvalue weighted by atomic mass is 32.2. The first-order valence-corrected chi connectivity index (χ1v) is 8.26. The summed E-state index contributed by atoms with van der Waals surface area (Å²) in [5.74, 6) is -0.168. The Bertz CT molecular complexity index is 741. The maximum absolute atomic E-state index is 12.2. The summed E-state index contributed by atoms with van der Waals surface area (Å²) in [4.78, 5) is 11.5. The van der Waals surface area contributed by atoms with Crippen LogP contribution in [0.3, 0.4) is 0 Å². The summed E-state index contributed by atoms with van der Waals surface area (Å²) in [7, 11) is -3.59. The largest absolute Gasteiger partial charge is 0.356 e. The van der Waals surface area contributed by atoms with Crippen LogP contribution in [-0.4, -0.2) is 27.4 Å². The molecule has 5 nitrogen and oxygen atoms in total. The zero-order valence-corrected chi connectivity index (χ0v) is 12.6. The van der Waals surface area contributed by atoms with Crippen molar-refractivity contribution in [3.63, 3.8) is 0 Å². The second-order valence-electron chi connectivity index (χ2n) is 4.61. The lowest BCUT2D eigenvalue weighted by atomic mass is 10.1. The number of hydrogen-bond acceptors (Lipinski definition) is 3. The zero-order valence-electron chi connectivity index (χ0n) is 11.8. The maximum atomic E-state index is 12.2. The van der Waals surface area contributed by atoms with E-state index in [0.29, 0.717) is 6.54 Å². The van der Waals surface area contributed by atoms with Gasteiger partial charge in [0.05, 0.1) is 4.90 Å². The Morgan fingerprint density at radius 3 is 2.52 bits per heavy atom. The van der Waals surface area contributed by atoms with Crippen LogP contribution in [0, 0.1) is 0 Å². The van der Waals surface area contributed by atoms with Crippen LogP contribution in [0.5, 0.6) is 0 Å². The van der Waals surface area contributed by atoms with Gasteiger partial charge in [0.1, 0.15) is 0 Å². The van der Waals surface area contributed by atoms with Gasteiger partial charge < -0.3 is 5.32 Å². The van der Waals surface area contributed by atoms with Crippen LogP contribution in [0.1, 0.15) is 13.3 Å². The van der Waals surface area contributed by atoms with Gasteiger partial charge in [0.2, 0.25) is 15.9 Å². The highest BCUT2D eigenvalue weighted by molar-refractivity contribution is 7.89. The Balaban J connectivity index is 2.09. The average molecular weight is 306 g/mol. The first-order chi connectivity index (χ1) is 10.0. The van der Waals surface area contributed by atoms with Gasteiger partial charge in [0, 0.05) is 19.5 Å². The summed E-state index contributed by atoms with van der Waals surface area (Å²) < 4.78 is 26.8. The number of carbonyl (C=O) groups excluding carboxylic acids is 1. The third-order valence-corrected chi connectivity index (χ3v) is 4.51. The van der Waals surface area contributed by atoms with Gasteiger partial charge in [-0.2, -0.15) is 0 Å². The zero-order chi connectivity index (χ0) is 15.3. The van der Waals surface area contributed by atoms with Crippen molar-refractivity contribution in [1.29, 1.82) is 0 Å². The Labute approximate surface area is 124 Å². The minimum absolute atomic E-state index is 0.0843. The van der Waals surface area contributed by atoms with Crippen molar-refractivity contribution in [2.24, 2.45) is 0 Å². The van der Waals surface area contributed by atoms with E-state index in [2.05, 4.69) is 10.0 Å². The molecule has 0 heterocycles. The molecular formula is C15H18N2O3S. The molecule has 0 aliphatic heterocycles. The monoisotopic (exact) mass is 306 g/mol. The van der Waals surface area contributed by atoms with Crippen LogP contribution < -0.4 is 10.0 Å². The van der Waals surface area contributed by atoms with Crippen LogP contribution in [0.4, 0.5) is 0 Å². The van der Waals surface area contributed by atoms with Gasteiger partial charge in [-0.3, -0.25) is 4.79 Å². The molecule has 0 aliphatic rings. The minimum atomic E-state index is -3.59. The van der Waals surface area contributed by atoms with E-state index in [9.17, 15) is 13.2 Å². The molecule has 0 fully saturated rings. The maximum Gasteiger partial charge on any atom is 0.240 e. The number of nitrogens with one attached hydrogen (secondary N) is 2. The number of benzene rings is 2. The SMILES string of the molecule is CCNC(=O)CCNS(=O)(=O)c1ccc2ccccc2c1. The molecule has 0 radical (unpaired) electrons. The molecule has 0 spiro atoms. The van der Waals surface area contributed by atoms with Crippen LogP contribution in [0.2, 0.25) is 0 Å². The van der Waals surface area contributed by atoms with Gasteiger partial charge in [-0.15, -0.1) is 0 Å². The first-order valence-electron chi connectivity index (χ1n) is 6.78. The normalized spacial score (nSPS) is 11.5. The third-order valence-electron chi connectivity index (χ3n) is 3.05. The molecule has 1 amide bonds. The van der Waals surface area contributed by atoms with E-state index >= 15 is 0 Å². The number of hydrogen-bond donors (Lipinski definition) is 2. The molecule has 0 aliphatic carbocycles. The van der Waals surface area contributed by atoms with Crippen molar-refractivity contribution in [3.8, 4) is 0 Å². The summed E-state index contributed by atoms with van der Waals surface area (Å²) in [5, 5.41) is 4.47. The predicted molar refractivity (Wildman–Crippen MR) is 82.4 cm³/mol. The number of sulfonamides is 1. The lowest BCUT2D eigenvalue weighted by Crippen LogP contribution is -2.30. The fourth-order valence-corrected chi connectivity index (χ4v) is 3.07. The molecule has 21 heavy (non-hydrogen) atoms. The van der Waals surface area contributed by atoms with Gasteiger partial charge in [-0.05, 0) is 29.8 Å². The van der Waals surface area contributed by atoms with Crippen molar-refractivity contribution in [3.05, 3.63) is 42.5 Å². The van der Waals surface area contributed by atoms with E-state index < -0.39 is 10.0 Å². The van der Waals surface area contributed by atoms with Crippen LogP contribution in [-0.2, 0) is 14.8 Å². The summed E-state index contributed by atoms with van der Waals surface area (Å²) in [6.45, 7) is 2.44. The minimum Gasteiger partial charge on any atom is -0.356 e. The van der Waals surface area contributed by atoms with E-state index in [1.165, 1.54) is 0 Å². The summed E-state index contributed by atoms with van der Waals surface area (Å²) in [6, 6.07) is 12.5. The van der Waals surface area contributed by atoms with Gasteiger partial charge in [-0.25, -0.2) is 13.1 Å². The van der Waals surface area contributed by atoms with E-state index in [4.69, 9.17) is 0 Å². The molecule has 0 saturated carbocycles. The number of rotatable bonds is 6. The van der Waals surface area contributed by atoms with Gasteiger partial charge in [0.15, 0.2) is 0 Å². The first kappa shape index (κ1) is 15.5. The van der Waals surface area contributed by atoms with Crippen LogP contribution in [0.15, 0.2) is 47.4 Å². The molecule has 2 N–H and O–H groups in total. The molecule has 0 unspecified atom stereocenters. The lowest BCUT2D eigenvalue weighted by molar-refractivity contribution is -0.120. The summed E-state index contributed by atoms with van der Waals surface area (Å²) >= 11 is 0. The number of fused-ring (bicyclic) bond motifs is 1. The van der Waals surface area contributed by atoms with Crippen molar-refractivity contribution in [2.45, 2.75) is 18.2 Å². The predicted octanol–water partition coefficient (Wildman–Crippen LogP) is 1.64. The molecule has 0 atom stereocenters. The Kier molecular flexibility index (Phi) is 4.93. The molecule has 6 heteroatoms. The Morgan fingerprint density at radius 1 is 1.10 bits per heavy atom. The van der Waals surface area contributed by atoms with Gasteiger partial charge >= 0.3 is 0 Å². The number of carbonyl (C=O) groups is 1. The average Bonchev–Trinajstić information content (AvgIpc) is 2.47. The molecule has 2 aromatic carbocycles. The van der Waals surface area contributed by atoms with Crippen LogP contribution in [0.25, 0.3) is 10.8 Å². The third kappa shape index (κ3) is 4.03. The molecule has 0 bridgehead atoms. The fraction of sp³-hybridized carbons (Fsp3) is 0.267. The number of amides is 1. The van der Waals surface area contributed by atoms with Crippen molar-refractivity contribution >= 4 is 26.7 Å². The van der Waals surface area contributed by atoms with E-state index in [0.717, 1.165) is 10.8 Å². The topological polar surface area (TPSA) is 75.3 Å². The standard InChI is InChI=1S/C15H18N2O3S/c1-2-16-15(18)9-10-17-21(19,20)14-8-7-12-5-3-4-6-13(12)11-14/h3-8,11,17H,2,9-10H2,1H3,(H,16,18). The fourth-order valence-electron chi connectivity index (χ4n) is 2.00. The second kappa shape index (κ2) is 6.69. The van der Waals surface area contributed by atoms with E-state index in [1.807, 2.05) is 31.2 Å². The van der Waals surface area contributed by atoms with Gasteiger partial charge in [0.25, 0.3) is 0 Å². The van der Waals surface area contributed by atoms with E-state index in [-0.39, 0.29) is 23.8 Å². The Morgan fingerprint density at radius 2 is 1.81 bits per heavy atom. The van der Waals surface area contributed by atoms with E-state index in [1.54, 1.807) is 18.2 Å². The molecular weight excluding hydrogens is 288 g/mol. The summed E-state index contributed by atoms with van der Waals surface area (Å²) in [5.41, 5.74) is 0. The molecule has 0 saturated heterocycles.